The summed E-state index contributed by atoms with van der Waals surface area (Å²) in [6.07, 6.45) is 3.19. The van der Waals surface area contributed by atoms with E-state index < -0.39 is 17.3 Å². The summed E-state index contributed by atoms with van der Waals surface area (Å²) >= 11 is 0. The van der Waals surface area contributed by atoms with Crippen LogP contribution in [0.15, 0.2) is 65.5 Å². The van der Waals surface area contributed by atoms with E-state index in [0.29, 0.717) is 31.9 Å². The lowest BCUT2D eigenvalue weighted by Gasteiger charge is -2.19. The van der Waals surface area contributed by atoms with Crippen molar-refractivity contribution in [2.45, 2.75) is 45.1 Å². The van der Waals surface area contributed by atoms with E-state index in [2.05, 4.69) is 24.0 Å². The lowest BCUT2D eigenvalue weighted by molar-refractivity contribution is 0.0784. The fourth-order valence-electron chi connectivity index (χ4n) is 4.33. The van der Waals surface area contributed by atoms with E-state index in [9.17, 15) is 14.7 Å². The van der Waals surface area contributed by atoms with Crippen molar-refractivity contribution in [3.05, 3.63) is 93.5 Å². The molecule has 2 aromatic carbocycles. The molecule has 1 N–H and O–H groups in total. The molecule has 6 nitrogen and oxygen atoms in total. The predicted molar refractivity (Wildman–Crippen MR) is 124 cm³/mol. The Balaban J connectivity index is 1.65. The number of carbonyl (C=O) groups excluding carboxylic acids is 1. The standard InChI is InChI=1S/C26H29N3O3/c1-2-3-14-22-27-24(30)23(26(32)29(22)17-19-10-6-4-7-11-19)25(31)28-16-15-21(18-28)20-12-8-5-9-13-20/h4-13,21,30H,2-3,14-18H2,1H3/t21-/m0/s1. The van der Waals surface area contributed by atoms with Gasteiger partial charge >= 0.3 is 0 Å². The molecule has 0 saturated carbocycles. The van der Waals surface area contributed by atoms with E-state index in [1.807, 2.05) is 48.5 Å². The first-order valence-corrected chi connectivity index (χ1v) is 11.3. The highest BCUT2D eigenvalue weighted by molar-refractivity contribution is 5.96. The smallest absolute Gasteiger partial charge is 0.270 e. The van der Waals surface area contributed by atoms with E-state index in [0.717, 1.165) is 24.8 Å². The topological polar surface area (TPSA) is 75.4 Å². The predicted octanol–water partition coefficient (Wildman–Crippen LogP) is 3.97. The molecule has 6 heteroatoms. The number of likely N-dealkylation sites (tertiary alicyclic amines) is 1. The third-order valence-corrected chi connectivity index (χ3v) is 6.13. The van der Waals surface area contributed by atoms with E-state index in [4.69, 9.17) is 0 Å². The second-order valence-corrected chi connectivity index (χ2v) is 8.35. The lowest BCUT2D eigenvalue weighted by Crippen LogP contribution is -2.37. The second kappa shape index (κ2) is 9.81. The van der Waals surface area contributed by atoms with Crippen LogP contribution in [0.4, 0.5) is 0 Å². The molecule has 0 aliphatic carbocycles. The molecule has 3 aromatic rings. The van der Waals surface area contributed by atoms with Gasteiger partial charge in [0.25, 0.3) is 11.5 Å². The average Bonchev–Trinajstić information content (AvgIpc) is 3.31. The minimum absolute atomic E-state index is 0.227. The second-order valence-electron chi connectivity index (χ2n) is 8.35. The number of carbonyl (C=O) groups is 1. The highest BCUT2D eigenvalue weighted by Gasteiger charge is 2.32. The van der Waals surface area contributed by atoms with Crippen LogP contribution in [0.1, 0.15) is 59.4 Å². The Morgan fingerprint density at radius 1 is 1.09 bits per heavy atom. The summed E-state index contributed by atoms with van der Waals surface area (Å²) in [6.45, 7) is 3.46. The zero-order valence-corrected chi connectivity index (χ0v) is 18.4. The molecule has 0 unspecified atom stereocenters. The lowest BCUT2D eigenvalue weighted by atomic mass is 9.99. The molecule has 0 radical (unpaired) electrons. The van der Waals surface area contributed by atoms with Gasteiger partial charge in [0.2, 0.25) is 5.88 Å². The third kappa shape index (κ3) is 4.59. The van der Waals surface area contributed by atoms with Crippen LogP contribution in [0.3, 0.4) is 0 Å². The third-order valence-electron chi connectivity index (χ3n) is 6.13. The summed E-state index contributed by atoms with van der Waals surface area (Å²) in [7, 11) is 0. The fraction of sp³-hybridized carbons (Fsp3) is 0.346. The Hall–Kier alpha value is -3.41. The van der Waals surface area contributed by atoms with Crippen molar-refractivity contribution in [3.8, 4) is 5.88 Å². The fourth-order valence-corrected chi connectivity index (χ4v) is 4.33. The van der Waals surface area contributed by atoms with Crippen LogP contribution in [0, 0.1) is 0 Å². The molecule has 1 aliphatic rings. The maximum atomic E-state index is 13.4. The molecule has 32 heavy (non-hydrogen) atoms. The number of hydrogen-bond acceptors (Lipinski definition) is 4. The van der Waals surface area contributed by atoms with Gasteiger partial charge in [0.05, 0.1) is 6.54 Å². The number of benzene rings is 2. The monoisotopic (exact) mass is 431 g/mol. The van der Waals surface area contributed by atoms with E-state index in [1.54, 1.807) is 9.47 Å². The highest BCUT2D eigenvalue weighted by Crippen LogP contribution is 2.28. The Labute approximate surface area is 188 Å². The van der Waals surface area contributed by atoms with Gasteiger partial charge in [-0.1, -0.05) is 74.0 Å². The summed E-state index contributed by atoms with van der Waals surface area (Å²) in [5, 5.41) is 10.6. The molecule has 4 rings (SSSR count). The van der Waals surface area contributed by atoms with Crippen LogP contribution in [-0.2, 0) is 13.0 Å². The van der Waals surface area contributed by atoms with Crippen LogP contribution >= 0.6 is 0 Å². The zero-order valence-electron chi connectivity index (χ0n) is 18.4. The highest BCUT2D eigenvalue weighted by atomic mass is 16.3. The van der Waals surface area contributed by atoms with Gasteiger partial charge in [0, 0.05) is 25.4 Å². The molecule has 1 fully saturated rings. The van der Waals surface area contributed by atoms with Crippen LogP contribution < -0.4 is 5.56 Å². The van der Waals surface area contributed by atoms with Gasteiger partial charge < -0.3 is 10.0 Å². The maximum absolute atomic E-state index is 13.4. The van der Waals surface area contributed by atoms with Gasteiger partial charge in [-0.05, 0) is 24.0 Å². The number of aromatic nitrogens is 2. The van der Waals surface area contributed by atoms with Crippen molar-refractivity contribution < 1.29 is 9.90 Å². The molecule has 166 valence electrons. The largest absolute Gasteiger partial charge is 0.493 e. The normalized spacial score (nSPS) is 15.8. The first kappa shape index (κ1) is 21.8. The molecule has 0 bridgehead atoms. The van der Waals surface area contributed by atoms with Gasteiger partial charge in [-0.25, -0.2) is 0 Å². The minimum atomic E-state index is -0.472. The summed E-state index contributed by atoms with van der Waals surface area (Å²) in [4.78, 5) is 32.7. The number of aromatic hydroxyl groups is 1. The van der Waals surface area contributed by atoms with Gasteiger partial charge in [-0.2, -0.15) is 4.98 Å². The summed E-state index contributed by atoms with van der Waals surface area (Å²) in [6, 6.07) is 19.7. The molecular weight excluding hydrogens is 402 g/mol. The Bertz CT molecular complexity index is 1130. The van der Waals surface area contributed by atoms with E-state index in [-0.39, 0.29) is 11.5 Å². The zero-order chi connectivity index (χ0) is 22.5. The molecule has 1 amide bonds. The average molecular weight is 432 g/mol. The number of unbranched alkanes of at least 4 members (excludes halogenated alkanes) is 1. The molecule has 2 heterocycles. The summed E-state index contributed by atoms with van der Waals surface area (Å²) < 4.78 is 1.54. The SMILES string of the molecule is CCCCc1nc(O)c(C(=O)N2CC[C@H](c3ccccc3)C2)c(=O)n1Cc1ccccc1. The maximum Gasteiger partial charge on any atom is 0.270 e. The summed E-state index contributed by atoms with van der Waals surface area (Å²) in [5.74, 6) is -0.162. The molecule has 0 spiro atoms. The van der Waals surface area contributed by atoms with Crippen molar-refractivity contribution in [2.75, 3.05) is 13.1 Å². The Morgan fingerprint density at radius 2 is 1.78 bits per heavy atom. The Morgan fingerprint density at radius 3 is 2.47 bits per heavy atom. The first-order chi connectivity index (χ1) is 15.6. The molecule has 1 atom stereocenters. The summed E-state index contributed by atoms with van der Waals surface area (Å²) in [5.41, 5.74) is 1.43. The number of amides is 1. The van der Waals surface area contributed by atoms with Crippen molar-refractivity contribution >= 4 is 5.91 Å². The Kier molecular flexibility index (Phi) is 6.69. The van der Waals surface area contributed by atoms with Crippen molar-refractivity contribution in [1.29, 1.82) is 0 Å². The van der Waals surface area contributed by atoms with Crippen LogP contribution in [-0.4, -0.2) is 38.6 Å². The number of hydrogen-bond donors (Lipinski definition) is 1. The number of aryl methyl sites for hydroxylation is 1. The van der Waals surface area contributed by atoms with Gasteiger partial charge in [-0.3, -0.25) is 14.2 Å². The van der Waals surface area contributed by atoms with Gasteiger partial charge in [0.1, 0.15) is 5.82 Å². The van der Waals surface area contributed by atoms with Crippen LogP contribution in [0.2, 0.25) is 0 Å². The van der Waals surface area contributed by atoms with Gasteiger partial charge in [-0.15, -0.1) is 0 Å². The van der Waals surface area contributed by atoms with Crippen LogP contribution in [0.5, 0.6) is 5.88 Å². The van der Waals surface area contributed by atoms with Crippen LogP contribution in [0.25, 0.3) is 0 Å². The van der Waals surface area contributed by atoms with Crippen molar-refractivity contribution in [2.24, 2.45) is 0 Å². The van der Waals surface area contributed by atoms with Gasteiger partial charge in [0.15, 0.2) is 5.56 Å². The molecule has 1 saturated heterocycles. The van der Waals surface area contributed by atoms with E-state index >= 15 is 0 Å². The number of nitrogens with zero attached hydrogens (tertiary/aromatic N) is 3. The number of rotatable bonds is 7. The molecule has 1 aromatic heterocycles. The molecule has 1 aliphatic heterocycles. The quantitative estimate of drug-likeness (QED) is 0.614. The van der Waals surface area contributed by atoms with Crippen molar-refractivity contribution in [1.82, 2.24) is 14.5 Å². The minimum Gasteiger partial charge on any atom is -0.493 e. The first-order valence-electron chi connectivity index (χ1n) is 11.3. The van der Waals surface area contributed by atoms with E-state index in [1.165, 1.54) is 5.56 Å². The van der Waals surface area contributed by atoms with Crippen molar-refractivity contribution in [3.63, 3.8) is 0 Å². The molecular formula is C26H29N3O3.